The van der Waals surface area contributed by atoms with Crippen molar-refractivity contribution in [3.05, 3.63) is 53.1 Å². The van der Waals surface area contributed by atoms with Gasteiger partial charge in [0, 0.05) is 42.6 Å². The van der Waals surface area contributed by atoms with Gasteiger partial charge in [0.15, 0.2) is 0 Å². The van der Waals surface area contributed by atoms with Crippen LogP contribution >= 0.6 is 0 Å². The van der Waals surface area contributed by atoms with Gasteiger partial charge < -0.3 is 24.8 Å². The third-order valence-corrected chi connectivity index (χ3v) is 8.60. The maximum atomic E-state index is 14.9. The maximum absolute atomic E-state index is 14.9. The number of hydrogen-bond acceptors (Lipinski definition) is 7. The monoisotopic (exact) mass is 568 g/mol. The molecule has 3 aromatic rings. The van der Waals surface area contributed by atoms with Crippen LogP contribution in [0.4, 0.5) is 24.7 Å². The SMILES string of the molecule is Cc1nc(N[C@H](C)c2cccc(C(F)F)c2F)c2cc3c(cc2n1)OC[C@H]1CN(C(=O)C2CCN(C)CC2)CCN31. The number of carbonyl (C=O) groups is 1. The molecular weight excluding hydrogens is 533 g/mol. The van der Waals surface area contributed by atoms with Gasteiger partial charge in [0.2, 0.25) is 5.91 Å². The number of nitrogens with one attached hydrogen (secondary N) is 1. The first kappa shape index (κ1) is 27.6. The minimum absolute atomic E-state index is 0.0248. The molecule has 41 heavy (non-hydrogen) atoms. The number of carbonyl (C=O) groups excluding carboxylic acids is 1. The molecule has 2 aromatic carbocycles. The first-order chi connectivity index (χ1) is 19.7. The summed E-state index contributed by atoms with van der Waals surface area (Å²) in [6.07, 6.45) is -1.10. The normalized spacial score (nSPS) is 20.5. The summed E-state index contributed by atoms with van der Waals surface area (Å²) < 4.78 is 47.7. The zero-order valence-corrected chi connectivity index (χ0v) is 23.5. The standard InChI is InChI=1S/C30H35F3N6O2/c1-17(21-5-4-6-22(27(21)31)28(32)33)34-29-23-13-25-26(14-24(23)35-18(2)36-29)41-16-20-15-38(11-12-39(20)25)30(40)19-7-9-37(3)10-8-19/h4-6,13-14,17,19-20,28H,7-12,15-16H2,1-3H3,(H,34,35,36)/t17-,20-/m1/s1. The van der Waals surface area contributed by atoms with Gasteiger partial charge in [-0.15, -0.1) is 0 Å². The van der Waals surface area contributed by atoms with Crippen molar-refractivity contribution in [1.82, 2.24) is 19.8 Å². The summed E-state index contributed by atoms with van der Waals surface area (Å²) in [4.78, 5) is 29.0. The lowest BCUT2D eigenvalue weighted by molar-refractivity contribution is -0.138. The lowest BCUT2D eigenvalue weighted by Crippen LogP contribution is -2.59. The third kappa shape index (κ3) is 5.27. The topological polar surface area (TPSA) is 73.8 Å². The van der Waals surface area contributed by atoms with Crippen molar-refractivity contribution in [2.45, 2.75) is 45.2 Å². The Balaban J connectivity index is 1.26. The Morgan fingerprint density at radius 2 is 1.85 bits per heavy atom. The van der Waals surface area contributed by atoms with Crippen LogP contribution in [0.25, 0.3) is 10.9 Å². The highest BCUT2D eigenvalue weighted by Gasteiger charge is 2.37. The summed E-state index contributed by atoms with van der Waals surface area (Å²) in [6.45, 7) is 7.79. The van der Waals surface area contributed by atoms with E-state index >= 15 is 0 Å². The Kier molecular flexibility index (Phi) is 7.39. The molecule has 2 atom stereocenters. The summed E-state index contributed by atoms with van der Waals surface area (Å²) in [6, 6.07) is 7.31. The van der Waals surface area contributed by atoms with Crippen molar-refractivity contribution >= 4 is 28.3 Å². The molecule has 4 heterocycles. The number of amides is 1. The molecule has 0 unspecified atom stereocenters. The number of ether oxygens (including phenoxy) is 1. The second kappa shape index (κ2) is 11.0. The molecule has 2 saturated heterocycles. The number of anilines is 2. The van der Waals surface area contributed by atoms with Crippen molar-refractivity contribution in [3.8, 4) is 5.75 Å². The molecule has 1 aromatic heterocycles. The molecule has 1 amide bonds. The quantitative estimate of drug-likeness (QED) is 0.468. The number of piperidine rings is 1. The number of alkyl halides is 2. The zero-order chi connectivity index (χ0) is 28.8. The lowest BCUT2D eigenvalue weighted by atomic mass is 9.94. The fourth-order valence-corrected chi connectivity index (χ4v) is 6.28. The number of piperazine rings is 1. The largest absolute Gasteiger partial charge is 0.489 e. The van der Waals surface area contributed by atoms with E-state index in [9.17, 15) is 18.0 Å². The van der Waals surface area contributed by atoms with Gasteiger partial charge >= 0.3 is 0 Å². The lowest BCUT2D eigenvalue weighted by Gasteiger charge is -2.46. The van der Waals surface area contributed by atoms with E-state index in [1.165, 1.54) is 12.1 Å². The first-order valence-electron chi connectivity index (χ1n) is 14.2. The number of hydrogen-bond donors (Lipinski definition) is 1. The number of rotatable bonds is 5. The van der Waals surface area contributed by atoms with Crippen LogP contribution < -0.4 is 15.0 Å². The highest BCUT2D eigenvalue weighted by molar-refractivity contribution is 5.94. The molecule has 2 fully saturated rings. The number of nitrogens with zero attached hydrogens (tertiary/aromatic N) is 5. The van der Waals surface area contributed by atoms with Gasteiger partial charge in [0.1, 0.15) is 29.8 Å². The molecule has 6 rings (SSSR count). The maximum Gasteiger partial charge on any atom is 0.266 e. The van der Waals surface area contributed by atoms with Crippen LogP contribution in [-0.4, -0.2) is 78.1 Å². The summed E-state index contributed by atoms with van der Waals surface area (Å²) in [7, 11) is 2.09. The van der Waals surface area contributed by atoms with Crippen LogP contribution in [0.2, 0.25) is 0 Å². The van der Waals surface area contributed by atoms with E-state index in [2.05, 4.69) is 32.1 Å². The van der Waals surface area contributed by atoms with Gasteiger partial charge in [-0.3, -0.25) is 4.79 Å². The van der Waals surface area contributed by atoms with Crippen LogP contribution in [0.15, 0.2) is 30.3 Å². The number of fused-ring (bicyclic) bond motifs is 4. The van der Waals surface area contributed by atoms with Gasteiger partial charge in [-0.05, 0) is 52.9 Å². The van der Waals surface area contributed by atoms with E-state index in [1.54, 1.807) is 13.8 Å². The minimum Gasteiger partial charge on any atom is -0.489 e. The highest BCUT2D eigenvalue weighted by atomic mass is 19.3. The van der Waals surface area contributed by atoms with Gasteiger partial charge in [0.05, 0.1) is 28.9 Å². The first-order valence-corrected chi connectivity index (χ1v) is 14.2. The molecule has 8 nitrogen and oxygen atoms in total. The predicted octanol–water partition coefficient (Wildman–Crippen LogP) is 4.94. The Bertz CT molecular complexity index is 1460. The van der Waals surface area contributed by atoms with Gasteiger partial charge in [-0.25, -0.2) is 23.1 Å². The summed E-state index contributed by atoms with van der Waals surface area (Å²) in [5.74, 6) is 1.14. The van der Waals surface area contributed by atoms with Crippen LogP contribution in [0.3, 0.4) is 0 Å². The van der Waals surface area contributed by atoms with Crippen LogP contribution in [0.1, 0.15) is 49.2 Å². The highest BCUT2D eigenvalue weighted by Crippen LogP contribution is 2.40. The van der Waals surface area contributed by atoms with Crippen LogP contribution in [0, 0.1) is 18.7 Å². The molecule has 3 aliphatic heterocycles. The van der Waals surface area contributed by atoms with Crippen molar-refractivity contribution in [2.24, 2.45) is 5.92 Å². The van der Waals surface area contributed by atoms with Crippen molar-refractivity contribution in [3.63, 3.8) is 0 Å². The Hall–Kier alpha value is -3.60. The van der Waals surface area contributed by atoms with E-state index in [1.807, 2.05) is 17.0 Å². The van der Waals surface area contributed by atoms with Crippen LogP contribution in [0.5, 0.6) is 5.75 Å². The Labute approximate surface area is 237 Å². The molecule has 3 aliphatic rings. The summed E-state index contributed by atoms with van der Waals surface area (Å²) in [5, 5.41) is 3.96. The number of aryl methyl sites for hydroxylation is 1. The molecular formula is C30H35F3N6O2. The minimum atomic E-state index is -2.90. The second-order valence-electron chi connectivity index (χ2n) is 11.4. The molecule has 11 heteroatoms. The predicted molar refractivity (Wildman–Crippen MR) is 151 cm³/mol. The van der Waals surface area contributed by atoms with Crippen molar-refractivity contribution in [2.75, 3.05) is 56.6 Å². The second-order valence-corrected chi connectivity index (χ2v) is 11.4. The average Bonchev–Trinajstić information content (AvgIpc) is 2.95. The molecule has 0 spiro atoms. The molecule has 0 saturated carbocycles. The summed E-state index contributed by atoms with van der Waals surface area (Å²) in [5.41, 5.74) is 1.08. The molecule has 218 valence electrons. The van der Waals surface area contributed by atoms with Crippen molar-refractivity contribution in [1.29, 1.82) is 0 Å². The molecule has 0 radical (unpaired) electrons. The van der Waals surface area contributed by atoms with E-state index in [0.29, 0.717) is 43.4 Å². The Morgan fingerprint density at radius 3 is 2.61 bits per heavy atom. The summed E-state index contributed by atoms with van der Waals surface area (Å²) >= 11 is 0. The van der Waals surface area contributed by atoms with Crippen LogP contribution in [-0.2, 0) is 4.79 Å². The van der Waals surface area contributed by atoms with Gasteiger partial charge in [-0.2, -0.15) is 0 Å². The van der Waals surface area contributed by atoms with Gasteiger partial charge in [-0.1, -0.05) is 18.2 Å². The number of benzene rings is 2. The molecule has 0 aliphatic carbocycles. The molecule has 0 bridgehead atoms. The van der Waals surface area contributed by atoms with E-state index < -0.39 is 23.8 Å². The number of likely N-dealkylation sites (tertiary alicyclic amines) is 1. The van der Waals surface area contributed by atoms with E-state index in [-0.39, 0.29) is 23.4 Å². The smallest absolute Gasteiger partial charge is 0.266 e. The zero-order valence-electron chi connectivity index (χ0n) is 23.5. The van der Waals surface area contributed by atoms with Crippen molar-refractivity contribution < 1.29 is 22.7 Å². The number of aromatic nitrogens is 2. The fourth-order valence-electron chi connectivity index (χ4n) is 6.28. The Morgan fingerprint density at radius 1 is 1.10 bits per heavy atom. The fraction of sp³-hybridized carbons (Fsp3) is 0.500. The third-order valence-electron chi connectivity index (χ3n) is 8.60. The van der Waals surface area contributed by atoms with Gasteiger partial charge in [0.25, 0.3) is 6.43 Å². The number of halogens is 3. The van der Waals surface area contributed by atoms with E-state index in [0.717, 1.165) is 48.8 Å². The van der Waals surface area contributed by atoms with E-state index in [4.69, 9.17) is 4.74 Å². The average molecular weight is 569 g/mol. The molecule has 1 N–H and O–H groups in total.